The lowest BCUT2D eigenvalue weighted by Crippen LogP contribution is -2.10. The van der Waals surface area contributed by atoms with E-state index in [-0.39, 0.29) is 17.3 Å². The van der Waals surface area contributed by atoms with Crippen molar-refractivity contribution in [2.75, 3.05) is 0 Å². The Morgan fingerprint density at radius 2 is 1.77 bits per heavy atom. The zero-order valence-electron chi connectivity index (χ0n) is 13.3. The summed E-state index contributed by atoms with van der Waals surface area (Å²) >= 11 is 0. The molecule has 0 radical (unpaired) electrons. The van der Waals surface area contributed by atoms with Gasteiger partial charge in [0.15, 0.2) is 11.5 Å². The zero-order chi connectivity index (χ0) is 18.1. The summed E-state index contributed by atoms with van der Waals surface area (Å²) in [5.74, 6) is 0.0729. The molecule has 0 bridgehead atoms. The minimum atomic E-state index is -0.518. The summed E-state index contributed by atoms with van der Waals surface area (Å²) in [4.78, 5) is 11.1. The molecule has 0 aliphatic carbocycles. The molecule has 4 rings (SSSR count). The van der Waals surface area contributed by atoms with Gasteiger partial charge in [-0.25, -0.2) is 4.39 Å². The van der Waals surface area contributed by atoms with E-state index in [4.69, 9.17) is 10.5 Å². The minimum absolute atomic E-state index is 0.265. The van der Waals surface area contributed by atoms with Crippen LogP contribution in [0.5, 0.6) is 11.6 Å². The van der Waals surface area contributed by atoms with Crippen LogP contribution in [0.4, 0.5) is 4.39 Å². The fourth-order valence-corrected chi connectivity index (χ4v) is 2.44. The van der Waals surface area contributed by atoms with Gasteiger partial charge in [-0.1, -0.05) is 12.1 Å². The van der Waals surface area contributed by atoms with Gasteiger partial charge in [-0.2, -0.15) is 4.52 Å². The molecule has 0 unspecified atom stereocenters. The van der Waals surface area contributed by atoms with E-state index >= 15 is 0 Å². The normalized spacial score (nSPS) is 10.8. The molecule has 26 heavy (non-hydrogen) atoms. The molecular weight excluding hydrogens is 337 g/mol. The highest BCUT2D eigenvalue weighted by molar-refractivity contribution is 5.92. The first-order valence-corrected chi connectivity index (χ1v) is 7.67. The predicted molar refractivity (Wildman–Crippen MR) is 91.2 cm³/mol. The van der Waals surface area contributed by atoms with Crippen LogP contribution in [0.2, 0.25) is 0 Å². The van der Waals surface area contributed by atoms with Crippen LogP contribution in [0, 0.1) is 5.82 Å². The smallest absolute Gasteiger partial charge is 0.248 e. The average Bonchev–Trinajstić information content (AvgIpc) is 3.06. The summed E-state index contributed by atoms with van der Waals surface area (Å²) < 4.78 is 21.1. The molecule has 0 atom stereocenters. The first-order valence-electron chi connectivity index (χ1n) is 7.67. The average molecular weight is 349 g/mol. The molecular formula is C18H12FN5O2. The Kier molecular flexibility index (Phi) is 3.77. The lowest BCUT2D eigenvalue weighted by atomic mass is 10.2. The Morgan fingerprint density at radius 3 is 2.50 bits per heavy atom. The number of rotatable bonds is 4. The van der Waals surface area contributed by atoms with Crippen LogP contribution in [0.3, 0.4) is 0 Å². The number of carbonyl (C=O) groups is 1. The number of fused-ring (bicyclic) bond motifs is 1. The van der Waals surface area contributed by atoms with Crippen molar-refractivity contribution in [3.63, 3.8) is 0 Å². The molecule has 0 spiro atoms. The van der Waals surface area contributed by atoms with Crippen molar-refractivity contribution in [1.29, 1.82) is 0 Å². The molecule has 7 nitrogen and oxygen atoms in total. The maximum Gasteiger partial charge on any atom is 0.248 e. The van der Waals surface area contributed by atoms with Crippen LogP contribution in [-0.4, -0.2) is 25.7 Å². The molecule has 4 aromatic rings. The van der Waals surface area contributed by atoms with Gasteiger partial charge >= 0.3 is 0 Å². The standard InChI is InChI=1S/C18H12FN5O2/c19-14-4-2-1-3-13(14)18-22-21-15-9-10-16(23-24(15)18)26-12-7-5-11(6-8-12)17(20)25/h1-10H,(H2,20,25). The third kappa shape index (κ3) is 2.84. The number of ether oxygens (including phenoxy) is 1. The van der Waals surface area contributed by atoms with Crippen molar-refractivity contribution in [1.82, 2.24) is 19.8 Å². The molecule has 2 aromatic carbocycles. The Bertz CT molecular complexity index is 1110. The van der Waals surface area contributed by atoms with Crippen LogP contribution >= 0.6 is 0 Å². The van der Waals surface area contributed by atoms with E-state index in [0.717, 1.165) is 0 Å². The maximum absolute atomic E-state index is 14.1. The number of carbonyl (C=O) groups excluding carboxylic acids is 1. The summed E-state index contributed by atoms with van der Waals surface area (Å²) in [6.45, 7) is 0. The fraction of sp³-hybridized carbons (Fsp3) is 0. The number of primary amides is 1. The van der Waals surface area contributed by atoms with Crippen LogP contribution < -0.4 is 10.5 Å². The molecule has 2 N–H and O–H groups in total. The van der Waals surface area contributed by atoms with Crippen LogP contribution in [0.1, 0.15) is 10.4 Å². The third-order valence-electron chi connectivity index (χ3n) is 3.71. The molecule has 2 heterocycles. The quantitative estimate of drug-likeness (QED) is 0.611. The van der Waals surface area contributed by atoms with E-state index in [1.165, 1.54) is 10.6 Å². The number of amides is 1. The van der Waals surface area contributed by atoms with Gasteiger partial charge in [-0.15, -0.1) is 15.3 Å². The molecule has 0 saturated carbocycles. The Labute approximate surface area is 146 Å². The second kappa shape index (κ2) is 6.25. The molecule has 8 heteroatoms. The third-order valence-corrected chi connectivity index (χ3v) is 3.71. The second-order valence-corrected chi connectivity index (χ2v) is 5.44. The van der Waals surface area contributed by atoms with Crippen molar-refractivity contribution in [2.45, 2.75) is 0 Å². The highest BCUT2D eigenvalue weighted by atomic mass is 19.1. The molecule has 1 amide bonds. The molecule has 0 saturated heterocycles. The van der Waals surface area contributed by atoms with E-state index in [2.05, 4.69) is 15.3 Å². The lowest BCUT2D eigenvalue weighted by Gasteiger charge is -2.06. The lowest BCUT2D eigenvalue weighted by molar-refractivity contribution is 0.100. The van der Waals surface area contributed by atoms with Crippen molar-refractivity contribution >= 4 is 11.6 Å². The largest absolute Gasteiger partial charge is 0.438 e. The number of aromatic nitrogens is 4. The van der Waals surface area contributed by atoms with Gasteiger partial charge in [0.1, 0.15) is 11.6 Å². The van der Waals surface area contributed by atoms with Gasteiger partial charge in [0.05, 0.1) is 5.56 Å². The second-order valence-electron chi connectivity index (χ2n) is 5.44. The fourth-order valence-electron chi connectivity index (χ4n) is 2.44. The number of hydrogen-bond donors (Lipinski definition) is 1. The molecule has 0 aliphatic heterocycles. The number of hydrogen-bond acceptors (Lipinski definition) is 5. The van der Waals surface area contributed by atoms with Crippen LogP contribution in [-0.2, 0) is 0 Å². The first kappa shape index (κ1) is 15.7. The SMILES string of the molecule is NC(=O)c1ccc(Oc2ccc3nnc(-c4ccccc4F)n3n2)cc1. The van der Waals surface area contributed by atoms with Gasteiger partial charge < -0.3 is 10.5 Å². The van der Waals surface area contributed by atoms with E-state index in [9.17, 15) is 9.18 Å². The highest BCUT2D eigenvalue weighted by Gasteiger charge is 2.14. The monoisotopic (exact) mass is 349 g/mol. The van der Waals surface area contributed by atoms with Crippen LogP contribution in [0.15, 0.2) is 60.7 Å². The summed E-state index contributed by atoms with van der Waals surface area (Å²) in [6, 6.07) is 15.9. The van der Waals surface area contributed by atoms with Crippen molar-refractivity contribution in [3.05, 3.63) is 72.0 Å². The van der Waals surface area contributed by atoms with E-state index in [1.54, 1.807) is 54.6 Å². The molecule has 0 fully saturated rings. The van der Waals surface area contributed by atoms with Gasteiger partial charge in [0.25, 0.3) is 0 Å². The Morgan fingerprint density at radius 1 is 1.00 bits per heavy atom. The number of halogens is 1. The van der Waals surface area contributed by atoms with Gasteiger partial charge in [-0.3, -0.25) is 4.79 Å². The van der Waals surface area contributed by atoms with Crippen molar-refractivity contribution < 1.29 is 13.9 Å². The Hall–Kier alpha value is -3.81. The van der Waals surface area contributed by atoms with Crippen LogP contribution in [0.25, 0.3) is 17.0 Å². The number of benzene rings is 2. The zero-order valence-corrected chi connectivity index (χ0v) is 13.3. The van der Waals surface area contributed by atoms with E-state index < -0.39 is 11.7 Å². The maximum atomic E-state index is 14.1. The van der Waals surface area contributed by atoms with Gasteiger partial charge in [0, 0.05) is 11.6 Å². The summed E-state index contributed by atoms with van der Waals surface area (Å²) in [6.07, 6.45) is 0. The van der Waals surface area contributed by atoms with Gasteiger partial charge in [0.2, 0.25) is 11.8 Å². The molecule has 2 aromatic heterocycles. The number of nitrogens with two attached hydrogens (primary N) is 1. The summed E-state index contributed by atoms with van der Waals surface area (Å²) in [5, 5.41) is 12.3. The highest BCUT2D eigenvalue weighted by Crippen LogP contribution is 2.24. The molecule has 0 aliphatic rings. The predicted octanol–water partition coefficient (Wildman–Crippen LogP) is 2.82. The van der Waals surface area contributed by atoms with Crippen molar-refractivity contribution in [3.8, 4) is 23.0 Å². The number of nitrogens with zero attached hydrogens (tertiary/aromatic N) is 4. The van der Waals surface area contributed by atoms with E-state index in [1.807, 2.05) is 0 Å². The van der Waals surface area contributed by atoms with E-state index in [0.29, 0.717) is 17.0 Å². The summed E-state index contributed by atoms with van der Waals surface area (Å²) in [7, 11) is 0. The van der Waals surface area contributed by atoms with Gasteiger partial charge in [-0.05, 0) is 42.5 Å². The minimum Gasteiger partial charge on any atom is -0.438 e. The summed E-state index contributed by atoms with van der Waals surface area (Å²) in [5.41, 5.74) is 6.33. The topological polar surface area (TPSA) is 95.4 Å². The van der Waals surface area contributed by atoms with Crippen molar-refractivity contribution in [2.24, 2.45) is 5.73 Å². The first-order chi connectivity index (χ1) is 12.6. The molecule has 128 valence electrons. The Balaban J connectivity index is 1.70.